The van der Waals surface area contributed by atoms with E-state index in [1.807, 2.05) is 0 Å². The number of aromatic nitrogens is 6. The molecule has 1 aromatic carbocycles. The Kier molecular flexibility index (Phi) is 5.25. The Morgan fingerprint density at radius 1 is 1.15 bits per heavy atom. The summed E-state index contributed by atoms with van der Waals surface area (Å²) in [4.78, 5) is 27.6. The standard InChI is InChI=1S/C21H17ClF2N8O/c1-30-17(4-5-26-30)28-21-25-9-13(22)18(29-21)16-11-31-6-7-32(20(33)19(31)27-16)10-12-2-3-14(23)15(24)8-12/h2-5,8-9,11H,6-7,10H2,1H3,(H,25,28,29). The maximum Gasteiger partial charge on any atom is 0.290 e. The number of carbonyl (C=O) groups is 1. The van der Waals surface area contributed by atoms with Gasteiger partial charge in [-0.25, -0.2) is 23.7 Å². The number of aryl methyl sites for hydroxylation is 1. The highest BCUT2D eigenvalue weighted by Crippen LogP contribution is 2.28. The SMILES string of the molecule is Cn1nccc1Nc1ncc(Cl)c(-c2cn3c(n2)C(=O)N(Cc2ccc(F)c(F)c2)CC3)n1. The number of nitrogens with one attached hydrogen (secondary N) is 1. The average molecular weight is 471 g/mol. The minimum atomic E-state index is -0.949. The molecule has 3 aromatic heterocycles. The van der Waals surface area contributed by atoms with Crippen molar-refractivity contribution in [3.63, 3.8) is 0 Å². The van der Waals surface area contributed by atoms with Gasteiger partial charge in [-0.2, -0.15) is 5.10 Å². The molecule has 4 heterocycles. The average Bonchev–Trinajstić information content (AvgIpc) is 3.41. The zero-order chi connectivity index (χ0) is 23.1. The van der Waals surface area contributed by atoms with Gasteiger partial charge in [-0.3, -0.25) is 9.48 Å². The highest BCUT2D eigenvalue weighted by molar-refractivity contribution is 6.32. The third kappa shape index (κ3) is 4.02. The molecule has 1 aliphatic heterocycles. The highest BCUT2D eigenvalue weighted by Gasteiger charge is 2.28. The molecule has 168 valence electrons. The lowest BCUT2D eigenvalue weighted by atomic mass is 10.2. The van der Waals surface area contributed by atoms with Crippen LogP contribution >= 0.6 is 11.6 Å². The van der Waals surface area contributed by atoms with Crippen LogP contribution in [0.15, 0.2) is 42.9 Å². The molecule has 0 radical (unpaired) electrons. The molecule has 0 saturated carbocycles. The summed E-state index contributed by atoms with van der Waals surface area (Å²) < 4.78 is 30.1. The van der Waals surface area contributed by atoms with Crippen LogP contribution in [0.4, 0.5) is 20.5 Å². The molecule has 0 spiro atoms. The summed E-state index contributed by atoms with van der Waals surface area (Å²) in [5.41, 5.74) is 1.29. The van der Waals surface area contributed by atoms with Crippen LogP contribution < -0.4 is 5.32 Å². The Labute approximate surface area is 191 Å². The number of fused-ring (bicyclic) bond motifs is 1. The van der Waals surface area contributed by atoms with Crippen molar-refractivity contribution in [3.8, 4) is 11.4 Å². The Hall–Kier alpha value is -3.86. The Balaban J connectivity index is 1.40. The fourth-order valence-electron chi connectivity index (χ4n) is 3.57. The van der Waals surface area contributed by atoms with E-state index in [9.17, 15) is 13.6 Å². The molecule has 4 aromatic rings. The van der Waals surface area contributed by atoms with Gasteiger partial charge in [-0.1, -0.05) is 17.7 Å². The molecular weight excluding hydrogens is 454 g/mol. The van der Waals surface area contributed by atoms with Crippen molar-refractivity contribution in [2.75, 3.05) is 11.9 Å². The lowest BCUT2D eigenvalue weighted by molar-refractivity contribution is 0.0683. The van der Waals surface area contributed by atoms with Crippen LogP contribution in [0.2, 0.25) is 5.02 Å². The molecule has 0 unspecified atom stereocenters. The quantitative estimate of drug-likeness (QED) is 0.480. The second-order valence-electron chi connectivity index (χ2n) is 7.47. The van der Waals surface area contributed by atoms with Crippen molar-refractivity contribution in [1.82, 2.24) is 34.2 Å². The van der Waals surface area contributed by atoms with Gasteiger partial charge in [0.2, 0.25) is 5.95 Å². The summed E-state index contributed by atoms with van der Waals surface area (Å²) in [7, 11) is 1.78. The highest BCUT2D eigenvalue weighted by atomic mass is 35.5. The first-order valence-corrected chi connectivity index (χ1v) is 10.3. The summed E-state index contributed by atoms with van der Waals surface area (Å²) in [6.45, 7) is 1.03. The number of halogens is 3. The van der Waals surface area contributed by atoms with E-state index >= 15 is 0 Å². The molecule has 0 atom stereocenters. The summed E-state index contributed by atoms with van der Waals surface area (Å²) >= 11 is 6.33. The van der Waals surface area contributed by atoms with E-state index in [1.54, 1.807) is 34.8 Å². The largest absolute Gasteiger partial charge is 0.330 e. The maximum absolute atomic E-state index is 13.5. The number of benzene rings is 1. The molecule has 0 aliphatic carbocycles. The number of imidazole rings is 1. The number of anilines is 2. The van der Waals surface area contributed by atoms with Crippen LogP contribution in [0, 0.1) is 11.6 Å². The molecule has 9 nitrogen and oxygen atoms in total. The first-order chi connectivity index (χ1) is 15.9. The van der Waals surface area contributed by atoms with Gasteiger partial charge < -0.3 is 14.8 Å². The maximum atomic E-state index is 13.5. The number of hydrogen-bond donors (Lipinski definition) is 1. The van der Waals surface area contributed by atoms with E-state index in [0.717, 1.165) is 12.1 Å². The van der Waals surface area contributed by atoms with Crippen LogP contribution in [0.1, 0.15) is 16.2 Å². The molecule has 5 rings (SSSR count). The van der Waals surface area contributed by atoms with E-state index in [2.05, 4.69) is 25.4 Å². The van der Waals surface area contributed by atoms with Crippen LogP contribution in [0.25, 0.3) is 11.4 Å². The lowest BCUT2D eigenvalue weighted by Gasteiger charge is -2.27. The molecule has 33 heavy (non-hydrogen) atoms. The summed E-state index contributed by atoms with van der Waals surface area (Å²) in [6.07, 6.45) is 4.81. The minimum absolute atomic E-state index is 0.144. The number of hydrogen-bond acceptors (Lipinski definition) is 6. The molecule has 12 heteroatoms. The van der Waals surface area contributed by atoms with Gasteiger partial charge in [0.25, 0.3) is 5.91 Å². The van der Waals surface area contributed by atoms with Crippen molar-refractivity contribution in [2.24, 2.45) is 7.05 Å². The van der Waals surface area contributed by atoms with Crippen molar-refractivity contribution in [2.45, 2.75) is 13.1 Å². The molecule has 1 N–H and O–H groups in total. The Morgan fingerprint density at radius 2 is 2.00 bits per heavy atom. The lowest BCUT2D eigenvalue weighted by Crippen LogP contribution is -2.39. The zero-order valence-corrected chi connectivity index (χ0v) is 18.1. The molecule has 0 bridgehead atoms. The van der Waals surface area contributed by atoms with E-state index in [0.29, 0.717) is 41.8 Å². The second-order valence-corrected chi connectivity index (χ2v) is 7.88. The van der Waals surface area contributed by atoms with Gasteiger partial charge >= 0.3 is 0 Å². The number of nitrogens with zero attached hydrogens (tertiary/aromatic N) is 7. The Bertz CT molecular complexity index is 1370. The van der Waals surface area contributed by atoms with Crippen LogP contribution in [-0.4, -0.2) is 46.7 Å². The third-order valence-electron chi connectivity index (χ3n) is 5.27. The second kappa shape index (κ2) is 8.24. The Morgan fingerprint density at radius 3 is 2.76 bits per heavy atom. The number of rotatable bonds is 5. The zero-order valence-electron chi connectivity index (χ0n) is 17.3. The molecule has 1 amide bonds. The van der Waals surface area contributed by atoms with E-state index in [-0.39, 0.29) is 23.3 Å². The normalized spacial score (nSPS) is 13.3. The molecule has 0 saturated heterocycles. The first kappa shape index (κ1) is 21.0. The van der Waals surface area contributed by atoms with Gasteiger partial charge in [0.1, 0.15) is 17.2 Å². The van der Waals surface area contributed by atoms with E-state index in [1.165, 1.54) is 17.2 Å². The fraction of sp³-hybridized carbons (Fsp3) is 0.190. The van der Waals surface area contributed by atoms with Crippen molar-refractivity contribution < 1.29 is 13.6 Å². The monoisotopic (exact) mass is 470 g/mol. The predicted molar refractivity (Wildman–Crippen MR) is 116 cm³/mol. The minimum Gasteiger partial charge on any atom is -0.330 e. The van der Waals surface area contributed by atoms with Crippen molar-refractivity contribution in [3.05, 3.63) is 70.9 Å². The molecular formula is C21H17ClF2N8O. The van der Waals surface area contributed by atoms with E-state index in [4.69, 9.17) is 11.6 Å². The summed E-state index contributed by atoms with van der Waals surface area (Å²) in [5.74, 6) is -0.992. The van der Waals surface area contributed by atoms with Gasteiger partial charge in [-0.15, -0.1) is 0 Å². The van der Waals surface area contributed by atoms with Gasteiger partial charge in [0, 0.05) is 38.9 Å². The predicted octanol–water partition coefficient (Wildman–Crippen LogP) is 3.40. The van der Waals surface area contributed by atoms with E-state index < -0.39 is 11.6 Å². The van der Waals surface area contributed by atoms with Crippen LogP contribution in [0.3, 0.4) is 0 Å². The fourth-order valence-corrected chi connectivity index (χ4v) is 3.76. The van der Waals surface area contributed by atoms with Crippen molar-refractivity contribution >= 4 is 29.3 Å². The molecule has 1 aliphatic rings. The van der Waals surface area contributed by atoms with Gasteiger partial charge in [0.05, 0.1) is 17.4 Å². The smallest absolute Gasteiger partial charge is 0.290 e. The van der Waals surface area contributed by atoms with Crippen LogP contribution in [-0.2, 0) is 20.1 Å². The third-order valence-corrected chi connectivity index (χ3v) is 5.55. The van der Waals surface area contributed by atoms with Gasteiger partial charge in [-0.05, 0) is 17.7 Å². The number of amides is 1. The first-order valence-electron chi connectivity index (χ1n) is 9.97. The van der Waals surface area contributed by atoms with Gasteiger partial charge in [0.15, 0.2) is 17.5 Å². The van der Waals surface area contributed by atoms with Crippen molar-refractivity contribution in [1.29, 1.82) is 0 Å². The summed E-state index contributed by atoms with van der Waals surface area (Å²) in [5, 5.41) is 7.42. The molecule has 0 fully saturated rings. The number of carbonyl (C=O) groups excluding carboxylic acids is 1. The summed E-state index contributed by atoms with van der Waals surface area (Å²) in [6, 6.07) is 5.36. The van der Waals surface area contributed by atoms with Crippen LogP contribution in [0.5, 0.6) is 0 Å². The topological polar surface area (TPSA) is 93.8 Å².